The van der Waals surface area contributed by atoms with E-state index >= 15 is 0 Å². The quantitative estimate of drug-likeness (QED) is 0.484. The van der Waals surface area contributed by atoms with Crippen molar-refractivity contribution >= 4 is 21.6 Å². The van der Waals surface area contributed by atoms with Gasteiger partial charge in [-0.1, -0.05) is 41.4 Å². The second kappa shape index (κ2) is 6.07. The predicted molar refractivity (Wildman–Crippen MR) is 66.8 cm³/mol. The van der Waals surface area contributed by atoms with Crippen molar-refractivity contribution in [3.05, 3.63) is 29.8 Å². The first-order valence-electron chi connectivity index (χ1n) is 5.17. The summed E-state index contributed by atoms with van der Waals surface area (Å²) in [6.07, 6.45) is 4.92. The number of benzene rings is 1. The number of aryl methyl sites for hydroxylation is 1. The molecule has 0 aliphatic carbocycles. The second-order valence-electron chi connectivity index (χ2n) is 3.77. The summed E-state index contributed by atoms with van der Waals surface area (Å²) >= 11 is 3.55. The molecule has 0 radical (unpaired) electrons. The normalized spacial score (nSPS) is 12.7. The van der Waals surface area contributed by atoms with Crippen LogP contribution in [-0.4, -0.2) is 4.83 Å². The molecule has 0 aliphatic rings. The molecule has 0 saturated carbocycles. The van der Waals surface area contributed by atoms with Gasteiger partial charge >= 0.3 is 0 Å². The molecule has 0 fully saturated rings. The van der Waals surface area contributed by atoms with Crippen molar-refractivity contribution in [3.8, 4) is 0 Å². The van der Waals surface area contributed by atoms with Gasteiger partial charge in [0.05, 0.1) is 0 Å². The molecule has 78 valence electrons. The minimum absolute atomic E-state index is 0.642. The lowest BCUT2D eigenvalue weighted by atomic mass is 10.1. The van der Waals surface area contributed by atoms with Crippen molar-refractivity contribution in [1.29, 1.82) is 0 Å². The Hall–Kier alpha value is -0.500. The molecule has 0 aliphatic heterocycles. The third-order valence-corrected chi connectivity index (χ3v) is 2.73. The molecule has 2 N–H and O–H groups in total. The number of nitrogens with two attached hydrogens (primary N) is 1. The Labute approximate surface area is 94.8 Å². The number of hydrogen-bond acceptors (Lipinski definition) is 1. The lowest BCUT2D eigenvalue weighted by Crippen LogP contribution is -1.92. The van der Waals surface area contributed by atoms with Crippen LogP contribution in [0.15, 0.2) is 24.3 Å². The number of rotatable bonds is 5. The Balaban J connectivity index is 2.25. The van der Waals surface area contributed by atoms with Crippen LogP contribution in [-0.2, 0) is 6.42 Å². The molecule has 1 nitrogen and oxygen atoms in total. The number of anilines is 1. The fraction of sp³-hybridized carbons (Fsp3) is 0.500. The average Bonchev–Trinajstić information content (AvgIpc) is 2.12. The lowest BCUT2D eigenvalue weighted by Gasteiger charge is -2.04. The number of halogens is 1. The summed E-state index contributed by atoms with van der Waals surface area (Å²) in [5.41, 5.74) is 7.93. The molecule has 0 spiro atoms. The maximum absolute atomic E-state index is 5.70. The third kappa shape index (κ3) is 4.66. The van der Waals surface area contributed by atoms with Crippen LogP contribution in [0.25, 0.3) is 0 Å². The highest BCUT2D eigenvalue weighted by molar-refractivity contribution is 9.09. The molecular formula is C12H18BrN. The number of unbranched alkanes of at least 4 members (excludes halogenated alkanes) is 1. The first kappa shape index (κ1) is 11.6. The summed E-state index contributed by atoms with van der Waals surface area (Å²) in [5, 5.41) is 0. The zero-order valence-electron chi connectivity index (χ0n) is 8.67. The highest BCUT2D eigenvalue weighted by atomic mass is 79.9. The summed E-state index contributed by atoms with van der Waals surface area (Å²) in [5.74, 6) is 0. The van der Waals surface area contributed by atoms with Crippen molar-refractivity contribution in [2.24, 2.45) is 0 Å². The molecule has 0 bridgehead atoms. The molecule has 1 atom stereocenters. The molecule has 1 unspecified atom stereocenters. The molecule has 0 heterocycles. The van der Waals surface area contributed by atoms with E-state index in [0.717, 1.165) is 12.1 Å². The van der Waals surface area contributed by atoms with Gasteiger partial charge in [0.1, 0.15) is 0 Å². The number of alkyl halides is 1. The number of nitrogen functional groups attached to an aromatic ring is 1. The van der Waals surface area contributed by atoms with Crippen LogP contribution in [0.3, 0.4) is 0 Å². The summed E-state index contributed by atoms with van der Waals surface area (Å²) < 4.78 is 0. The predicted octanol–water partition coefficient (Wildman–Crippen LogP) is 3.77. The van der Waals surface area contributed by atoms with Crippen LogP contribution < -0.4 is 5.73 Å². The van der Waals surface area contributed by atoms with Gasteiger partial charge in [0.2, 0.25) is 0 Å². The topological polar surface area (TPSA) is 26.0 Å². The zero-order chi connectivity index (χ0) is 10.4. The fourth-order valence-corrected chi connectivity index (χ4v) is 1.83. The molecule has 0 aromatic heterocycles. The largest absolute Gasteiger partial charge is 0.399 e. The molecule has 1 rings (SSSR count). The van der Waals surface area contributed by atoms with E-state index in [1.54, 1.807) is 0 Å². The molecule has 1 aromatic rings. The van der Waals surface area contributed by atoms with Gasteiger partial charge in [-0.2, -0.15) is 0 Å². The Morgan fingerprint density at radius 3 is 2.79 bits per heavy atom. The molecule has 1 aromatic carbocycles. The van der Waals surface area contributed by atoms with Gasteiger partial charge in [0, 0.05) is 10.5 Å². The summed E-state index contributed by atoms with van der Waals surface area (Å²) in [4.78, 5) is 0.642. The summed E-state index contributed by atoms with van der Waals surface area (Å²) in [7, 11) is 0. The zero-order valence-corrected chi connectivity index (χ0v) is 10.3. The average molecular weight is 256 g/mol. The number of hydrogen-bond donors (Lipinski definition) is 1. The smallest absolute Gasteiger partial charge is 0.0316 e. The molecule has 14 heavy (non-hydrogen) atoms. The molecule has 2 heteroatoms. The standard InChI is InChI=1S/C12H18BrN/c1-10(13)5-2-3-6-11-7-4-8-12(14)9-11/h4,7-10H,2-3,5-6,14H2,1H3. The molecule has 0 amide bonds. The van der Waals surface area contributed by atoms with Gasteiger partial charge in [-0.3, -0.25) is 0 Å². The van der Waals surface area contributed by atoms with Gasteiger partial charge in [0.15, 0.2) is 0 Å². The van der Waals surface area contributed by atoms with E-state index in [1.807, 2.05) is 12.1 Å². The molecule has 0 saturated heterocycles. The van der Waals surface area contributed by atoms with E-state index in [9.17, 15) is 0 Å². The monoisotopic (exact) mass is 255 g/mol. The van der Waals surface area contributed by atoms with Crippen molar-refractivity contribution < 1.29 is 0 Å². The SMILES string of the molecule is CC(Br)CCCCc1cccc(N)c1. The van der Waals surface area contributed by atoms with Crippen LogP contribution in [0, 0.1) is 0 Å². The van der Waals surface area contributed by atoms with Gasteiger partial charge < -0.3 is 5.73 Å². The maximum Gasteiger partial charge on any atom is 0.0316 e. The Morgan fingerprint density at radius 2 is 2.14 bits per heavy atom. The van der Waals surface area contributed by atoms with Gasteiger partial charge in [-0.25, -0.2) is 0 Å². The van der Waals surface area contributed by atoms with E-state index in [1.165, 1.54) is 24.8 Å². The van der Waals surface area contributed by atoms with Crippen molar-refractivity contribution in [1.82, 2.24) is 0 Å². The maximum atomic E-state index is 5.70. The first-order chi connectivity index (χ1) is 6.68. The summed E-state index contributed by atoms with van der Waals surface area (Å²) in [6.45, 7) is 2.19. The van der Waals surface area contributed by atoms with Gasteiger partial charge in [-0.15, -0.1) is 0 Å². The highest BCUT2D eigenvalue weighted by Crippen LogP contribution is 2.13. The van der Waals surface area contributed by atoms with E-state index in [-0.39, 0.29) is 0 Å². The van der Waals surface area contributed by atoms with E-state index < -0.39 is 0 Å². The third-order valence-electron chi connectivity index (χ3n) is 2.27. The Kier molecular flexibility index (Phi) is 5.02. The lowest BCUT2D eigenvalue weighted by molar-refractivity contribution is 0.680. The van der Waals surface area contributed by atoms with Crippen LogP contribution in [0.1, 0.15) is 31.7 Å². The minimum Gasteiger partial charge on any atom is -0.399 e. The minimum atomic E-state index is 0.642. The summed E-state index contributed by atoms with van der Waals surface area (Å²) in [6, 6.07) is 8.17. The van der Waals surface area contributed by atoms with Crippen LogP contribution >= 0.6 is 15.9 Å². The van der Waals surface area contributed by atoms with Crippen LogP contribution in [0.2, 0.25) is 0 Å². The van der Waals surface area contributed by atoms with E-state index in [2.05, 4.69) is 35.0 Å². The fourth-order valence-electron chi connectivity index (χ4n) is 1.50. The van der Waals surface area contributed by atoms with Gasteiger partial charge in [-0.05, 0) is 37.0 Å². The Bertz CT molecular complexity index is 271. The van der Waals surface area contributed by atoms with Crippen LogP contribution in [0.5, 0.6) is 0 Å². The van der Waals surface area contributed by atoms with Crippen molar-refractivity contribution in [3.63, 3.8) is 0 Å². The highest BCUT2D eigenvalue weighted by Gasteiger charge is 1.97. The van der Waals surface area contributed by atoms with E-state index in [0.29, 0.717) is 4.83 Å². The first-order valence-corrected chi connectivity index (χ1v) is 6.08. The Morgan fingerprint density at radius 1 is 1.36 bits per heavy atom. The van der Waals surface area contributed by atoms with Crippen molar-refractivity contribution in [2.45, 2.75) is 37.4 Å². The second-order valence-corrected chi connectivity index (χ2v) is 5.33. The van der Waals surface area contributed by atoms with E-state index in [4.69, 9.17) is 5.73 Å². The van der Waals surface area contributed by atoms with Gasteiger partial charge in [0.25, 0.3) is 0 Å². The molecular weight excluding hydrogens is 238 g/mol. The van der Waals surface area contributed by atoms with Crippen molar-refractivity contribution in [2.75, 3.05) is 5.73 Å². The van der Waals surface area contributed by atoms with Crippen LogP contribution in [0.4, 0.5) is 5.69 Å².